The Kier molecular flexibility index (Phi) is 5.51. The summed E-state index contributed by atoms with van der Waals surface area (Å²) in [6.07, 6.45) is 3.30. The van der Waals surface area contributed by atoms with Gasteiger partial charge in [0.2, 0.25) is 10.0 Å². The van der Waals surface area contributed by atoms with Crippen LogP contribution in [0.25, 0.3) is 11.0 Å². The molecule has 0 aliphatic carbocycles. The fourth-order valence-corrected chi connectivity index (χ4v) is 5.48. The Bertz CT molecular complexity index is 1400. The van der Waals surface area contributed by atoms with Crippen LogP contribution >= 0.6 is 0 Å². The number of benzene rings is 2. The number of aromatic nitrogens is 3. The average Bonchev–Trinajstić information content (AvgIpc) is 3.59. The van der Waals surface area contributed by atoms with Crippen LogP contribution in [0.4, 0.5) is 0 Å². The largest absolute Gasteiger partial charge is 0.356 e. The number of aryl methyl sites for hydroxylation is 1. The van der Waals surface area contributed by atoms with Gasteiger partial charge < -0.3 is 14.5 Å². The summed E-state index contributed by atoms with van der Waals surface area (Å²) in [5.74, 6) is 0.402. The van der Waals surface area contributed by atoms with Gasteiger partial charge >= 0.3 is 0 Å². The minimum absolute atomic E-state index is 0.0183. The topological polar surface area (TPSA) is 100 Å². The highest BCUT2D eigenvalue weighted by molar-refractivity contribution is 7.89. The number of imidazole rings is 1. The van der Waals surface area contributed by atoms with Crippen LogP contribution in [0.3, 0.4) is 0 Å². The molecule has 1 atom stereocenters. The minimum Gasteiger partial charge on any atom is -0.356 e. The molecule has 1 fully saturated rings. The van der Waals surface area contributed by atoms with Crippen LogP contribution in [0.15, 0.2) is 71.8 Å². The first kappa shape index (κ1) is 21.4. The zero-order valence-corrected chi connectivity index (χ0v) is 19.0. The lowest BCUT2D eigenvalue weighted by molar-refractivity contribution is 0.0787. The van der Waals surface area contributed by atoms with Crippen molar-refractivity contribution in [3.05, 3.63) is 83.9 Å². The van der Waals surface area contributed by atoms with Gasteiger partial charge in [-0.25, -0.2) is 13.4 Å². The number of amides is 1. The molecule has 2 N–H and O–H groups in total. The van der Waals surface area contributed by atoms with Crippen molar-refractivity contribution in [2.45, 2.75) is 23.8 Å². The summed E-state index contributed by atoms with van der Waals surface area (Å²) in [4.78, 5) is 22.0. The maximum Gasteiger partial charge on any atom is 0.270 e. The maximum absolute atomic E-state index is 13.4. The molecular weight excluding hydrogens is 438 g/mol. The van der Waals surface area contributed by atoms with E-state index in [2.05, 4.69) is 9.71 Å². The molecule has 5 rings (SSSR count). The van der Waals surface area contributed by atoms with E-state index in [0.29, 0.717) is 18.9 Å². The Morgan fingerprint density at radius 2 is 1.76 bits per heavy atom. The number of aromatic amines is 1. The second-order valence-electron chi connectivity index (χ2n) is 8.23. The molecule has 2 aromatic carbocycles. The van der Waals surface area contributed by atoms with Crippen molar-refractivity contribution in [1.82, 2.24) is 24.2 Å². The second kappa shape index (κ2) is 8.49. The minimum atomic E-state index is -3.95. The molecule has 2 aromatic heterocycles. The normalized spacial score (nSPS) is 15.2. The number of nitrogens with zero attached hydrogens (tertiary/aromatic N) is 3. The SMILES string of the molecule is Cn1c(C(NS(=O)(=O)c2c[nH]c(C(=O)N3CCCC3)c2)c2ccccc2)nc2ccccc21. The lowest BCUT2D eigenvalue weighted by Gasteiger charge is -2.19. The van der Waals surface area contributed by atoms with Crippen LogP contribution in [-0.4, -0.2) is 46.8 Å². The number of likely N-dealkylation sites (tertiary alicyclic amines) is 1. The Morgan fingerprint density at radius 3 is 2.48 bits per heavy atom. The quantitative estimate of drug-likeness (QED) is 0.459. The molecule has 1 unspecified atom stereocenters. The summed E-state index contributed by atoms with van der Waals surface area (Å²) in [5, 5.41) is 0. The fraction of sp³-hybridized carbons (Fsp3) is 0.250. The molecule has 4 aromatic rings. The number of hydrogen-bond acceptors (Lipinski definition) is 4. The summed E-state index contributed by atoms with van der Waals surface area (Å²) in [7, 11) is -2.08. The molecule has 1 saturated heterocycles. The number of carbonyl (C=O) groups excluding carboxylic acids is 1. The molecular formula is C24H25N5O3S. The molecule has 8 nitrogen and oxygen atoms in total. The Balaban J connectivity index is 1.50. The predicted octanol–water partition coefficient (Wildman–Crippen LogP) is 3.21. The van der Waals surface area contributed by atoms with E-state index in [0.717, 1.165) is 29.4 Å². The van der Waals surface area contributed by atoms with E-state index in [4.69, 9.17) is 4.98 Å². The van der Waals surface area contributed by atoms with Crippen LogP contribution in [0, 0.1) is 0 Å². The number of carbonyl (C=O) groups is 1. The van der Waals surface area contributed by atoms with Gasteiger partial charge in [0.15, 0.2) is 0 Å². The number of nitrogens with one attached hydrogen (secondary N) is 2. The molecule has 0 spiro atoms. The fourth-order valence-electron chi connectivity index (χ4n) is 4.30. The number of para-hydroxylation sites is 2. The smallest absolute Gasteiger partial charge is 0.270 e. The summed E-state index contributed by atoms with van der Waals surface area (Å²) in [5.41, 5.74) is 2.74. The molecule has 0 saturated carbocycles. The zero-order valence-electron chi connectivity index (χ0n) is 18.2. The standard InChI is InChI=1S/C24H25N5O3S/c1-28-21-12-6-5-11-19(21)26-23(28)22(17-9-3-2-4-10-17)27-33(31,32)18-15-20(25-16-18)24(30)29-13-7-8-14-29/h2-6,9-12,15-16,22,25,27H,7-8,13-14H2,1H3. The summed E-state index contributed by atoms with van der Waals surface area (Å²) in [6, 6.07) is 17.7. The molecule has 1 aliphatic heterocycles. The number of H-pyrrole nitrogens is 1. The van der Waals surface area contributed by atoms with E-state index in [1.807, 2.05) is 66.2 Å². The lowest BCUT2D eigenvalue weighted by Crippen LogP contribution is -2.31. The van der Waals surface area contributed by atoms with Gasteiger partial charge in [-0.2, -0.15) is 4.72 Å². The Morgan fingerprint density at radius 1 is 1.06 bits per heavy atom. The number of hydrogen-bond donors (Lipinski definition) is 2. The van der Waals surface area contributed by atoms with E-state index < -0.39 is 16.1 Å². The van der Waals surface area contributed by atoms with Crippen molar-refractivity contribution in [2.24, 2.45) is 7.05 Å². The predicted molar refractivity (Wildman–Crippen MR) is 125 cm³/mol. The van der Waals surface area contributed by atoms with E-state index >= 15 is 0 Å². The monoisotopic (exact) mass is 463 g/mol. The molecule has 0 radical (unpaired) electrons. The molecule has 1 amide bonds. The first-order valence-electron chi connectivity index (χ1n) is 10.9. The van der Waals surface area contributed by atoms with E-state index in [-0.39, 0.29) is 16.5 Å². The van der Waals surface area contributed by atoms with Gasteiger partial charge in [0, 0.05) is 26.3 Å². The molecule has 9 heteroatoms. The summed E-state index contributed by atoms with van der Waals surface area (Å²) >= 11 is 0. The maximum atomic E-state index is 13.4. The van der Waals surface area contributed by atoms with Gasteiger partial charge in [0.25, 0.3) is 5.91 Å². The average molecular weight is 464 g/mol. The van der Waals surface area contributed by atoms with Crippen LogP contribution in [-0.2, 0) is 17.1 Å². The Labute approximate surface area is 192 Å². The third kappa shape index (κ3) is 4.05. The van der Waals surface area contributed by atoms with Crippen molar-refractivity contribution < 1.29 is 13.2 Å². The van der Waals surface area contributed by atoms with Crippen LogP contribution in [0.5, 0.6) is 0 Å². The zero-order chi connectivity index (χ0) is 23.0. The summed E-state index contributed by atoms with van der Waals surface area (Å²) < 4.78 is 31.5. The van der Waals surface area contributed by atoms with Crippen LogP contribution in [0.2, 0.25) is 0 Å². The number of sulfonamides is 1. The molecule has 0 bridgehead atoms. The summed E-state index contributed by atoms with van der Waals surface area (Å²) in [6.45, 7) is 1.39. The van der Waals surface area contributed by atoms with Crippen LogP contribution in [0.1, 0.15) is 40.8 Å². The number of fused-ring (bicyclic) bond motifs is 1. The second-order valence-corrected chi connectivity index (χ2v) is 9.95. The van der Waals surface area contributed by atoms with E-state index in [1.54, 1.807) is 4.90 Å². The van der Waals surface area contributed by atoms with Gasteiger partial charge in [0.1, 0.15) is 22.5 Å². The van der Waals surface area contributed by atoms with Gasteiger partial charge in [-0.1, -0.05) is 42.5 Å². The Hall–Kier alpha value is -3.43. The van der Waals surface area contributed by atoms with E-state index in [1.165, 1.54) is 12.3 Å². The highest BCUT2D eigenvalue weighted by atomic mass is 32.2. The number of rotatable bonds is 6. The van der Waals surface area contributed by atoms with Crippen molar-refractivity contribution in [1.29, 1.82) is 0 Å². The molecule has 33 heavy (non-hydrogen) atoms. The van der Waals surface area contributed by atoms with Gasteiger partial charge in [-0.3, -0.25) is 4.79 Å². The van der Waals surface area contributed by atoms with Gasteiger partial charge in [-0.05, 0) is 36.6 Å². The third-order valence-corrected chi connectivity index (χ3v) is 7.48. The lowest BCUT2D eigenvalue weighted by atomic mass is 10.1. The molecule has 3 heterocycles. The highest BCUT2D eigenvalue weighted by Crippen LogP contribution is 2.27. The van der Waals surface area contributed by atoms with Crippen molar-refractivity contribution in [3.63, 3.8) is 0 Å². The van der Waals surface area contributed by atoms with Crippen molar-refractivity contribution in [3.8, 4) is 0 Å². The first-order valence-corrected chi connectivity index (χ1v) is 12.4. The highest BCUT2D eigenvalue weighted by Gasteiger charge is 2.29. The van der Waals surface area contributed by atoms with Crippen LogP contribution < -0.4 is 4.72 Å². The van der Waals surface area contributed by atoms with Crippen molar-refractivity contribution >= 4 is 27.0 Å². The van der Waals surface area contributed by atoms with Gasteiger partial charge in [-0.15, -0.1) is 0 Å². The first-order chi connectivity index (χ1) is 15.9. The van der Waals surface area contributed by atoms with Gasteiger partial charge in [0.05, 0.1) is 11.0 Å². The molecule has 1 aliphatic rings. The molecule has 170 valence electrons. The van der Waals surface area contributed by atoms with Crippen molar-refractivity contribution in [2.75, 3.05) is 13.1 Å². The third-order valence-electron chi connectivity index (χ3n) is 6.08. The van der Waals surface area contributed by atoms with E-state index in [9.17, 15) is 13.2 Å².